The van der Waals surface area contributed by atoms with Gasteiger partial charge in [0.25, 0.3) is 11.2 Å². The van der Waals surface area contributed by atoms with Crippen LogP contribution in [0, 0.1) is 10.1 Å². The summed E-state index contributed by atoms with van der Waals surface area (Å²) in [6.07, 6.45) is 1.55. The standard InChI is InChI=1S/C20H19BrN4O3/c1-3-4-18-19(13(2)22-15-7-5-14(21)6-8-15)20(26)24(23-18)16-9-11-17(12-10-16)25(27)28/h5-12,23H,3-4H2,1-2H3. The molecule has 28 heavy (non-hydrogen) atoms. The molecular weight excluding hydrogens is 424 g/mol. The summed E-state index contributed by atoms with van der Waals surface area (Å²) in [4.78, 5) is 28.1. The molecule has 1 heterocycles. The summed E-state index contributed by atoms with van der Waals surface area (Å²) in [5, 5.41) is 14.0. The fourth-order valence-electron chi connectivity index (χ4n) is 2.96. The van der Waals surface area contributed by atoms with Gasteiger partial charge in [-0.25, -0.2) is 4.68 Å². The lowest BCUT2D eigenvalue weighted by Gasteiger charge is -2.01. The molecule has 8 heteroatoms. The number of hydrogen-bond acceptors (Lipinski definition) is 4. The summed E-state index contributed by atoms with van der Waals surface area (Å²) in [5.74, 6) is 0. The Morgan fingerprint density at radius 1 is 1.18 bits per heavy atom. The second-order valence-corrected chi connectivity index (χ2v) is 7.22. The van der Waals surface area contributed by atoms with Gasteiger partial charge in [-0.1, -0.05) is 29.3 Å². The third-order valence-electron chi connectivity index (χ3n) is 4.27. The van der Waals surface area contributed by atoms with Crippen molar-refractivity contribution in [1.82, 2.24) is 9.78 Å². The van der Waals surface area contributed by atoms with Gasteiger partial charge in [0.05, 0.1) is 27.6 Å². The van der Waals surface area contributed by atoms with Gasteiger partial charge >= 0.3 is 0 Å². The Morgan fingerprint density at radius 3 is 2.39 bits per heavy atom. The van der Waals surface area contributed by atoms with E-state index in [9.17, 15) is 14.9 Å². The average molecular weight is 443 g/mol. The van der Waals surface area contributed by atoms with E-state index < -0.39 is 4.92 Å². The molecule has 3 rings (SSSR count). The van der Waals surface area contributed by atoms with Gasteiger partial charge in [0.1, 0.15) is 0 Å². The fraction of sp³-hybridized carbons (Fsp3) is 0.200. The highest BCUT2D eigenvalue weighted by Gasteiger charge is 2.18. The minimum atomic E-state index is -0.468. The number of nitrogens with one attached hydrogen (secondary N) is 1. The number of halogens is 1. The van der Waals surface area contributed by atoms with Crippen LogP contribution in [-0.2, 0) is 6.42 Å². The highest BCUT2D eigenvalue weighted by atomic mass is 79.9. The Balaban J connectivity index is 2.07. The predicted octanol–water partition coefficient (Wildman–Crippen LogP) is 4.93. The molecule has 0 aliphatic carbocycles. The second kappa shape index (κ2) is 8.35. The molecule has 0 saturated carbocycles. The summed E-state index contributed by atoms with van der Waals surface area (Å²) in [6.45, 7) is 3.85. The van der Waals surface area contributed by atoms with Crippen LogP contribution in [0.4, 0.5) is 11.4 Å². The molecule has 7 nitrogen and oxygen atoms in total. The van der Waals surface area contributed by atoms with Gasteiger partial charge in [0.15, 0.2) is 0 Å². The number of H-pyrrole nitrogens is 1. The van der Waals surface area contributed by atoms with Gasteiger partial charge in [-0.15, -0.1) is 0 Å². The third-order valence-corrected chi connectivity index (χ3v) is 4.80. The van der Waals surface area contributed by atoms with Crippen molar-refractivity contribution in [3.05, 3.63) is 84.7 Å². The smallest absolute Gasteiger partial charge is 0.280 e. The van der Waals surface area contributed by atoms with Crippen LogP contribution in [0.3, 0.4) is 0 Å². The number of nitrogens with zero attached hydrogens (tertiary/aromatic N) is 3. The number of rotatable bonds is 6. The maximum atomic E-state index is 13.1. The number of nitro benzene ring substituents is 1. The lowest BCUT2D eigenvalue weighted by atomic mass is 10.1. The quantitative estimate of drug-likeness (QED) is 0.333. The number of benzene rings is 2. The Morgan fingerprint density at radius 2 is 1.82 bits per heavy atom. The van der Waals surface area contributed by atoms with E-state index in [1.54, 1.807) is 12.1 Å². The van der Waals surface area contributed by atoms with Crippen molar-refractivity contribution < 1.29 is 4.92 Å². The summed E-state index contributed by atoms with van der Waals surface area (Å²) in [6, 6.07) is 13.4. The number of aliphatic imine (C=N–C) groups is 1. The average Bonchev–Trinajstić information content (AvgIpc) is 3.00. The summed E-state index contributed by atoms with van der Waals surface area (Å²) < 4.78 is 2.36. The zero-order valence-corrected chi connectivity index (χ0v) is 17.1. The minimum absolute atomic E-state index is 0.0228. The molecule has 0 aliphatic rings. The van der Waals surface area contributed by atoms with Gasteiger partial charge < -0.3 is 0 Å². The number of hydrogen-bond donors (Lipinski definition) is 1. The molecule has 3 aromatic rings. The SMILES string of the molecule is CCCc1[nH]n(-c2ccc([N+](=O)[O-])cc2)c(=O)c1C(C)=Nc1ccc(Br)cc1. The van der Waals surface area contributed by atoms with E-state index in [1.807, 2.05) is 38.1 Å². The van der Waals surface area contributed by atoms with Crippen molar-refractivity contribution in [3.63, 3.8) is 0 Å². The molecule has 0 saturated heterocycles. The van der Waals surface area contributed by atoms with Crippen molar-refractivity contribution in [3.8, 4) is 5.69 Å². The van der Waals surface area contributed by atoms with Crippen LogP contribution in [-0.4, -0.2) is 20.4 Å². The van der Waals surface area contributed by atoms with Gasteiger partial charge in [0, 0.05) is 22.3 Å². The van der Waals surface area contributed by atoms with Crippen LogP contribution in [0.5, 0.6) is 0 Å². The maximum absolute atomic E-state index is 13.1. The minimum Gasteiger partial charge on any atom is -0.294 e. The van der Waals surface area contributed by atoms with E-state index in [0.29, 0.717) is 23.4 Å². The zero-order valence-electron chi connectivity index (χ0n) is 15.5. The highest BCUT2D eigenvalue weighted by molar-refractivity contribution is 9.10. The topological polar surface area (TPSA) is 93.3 Å². The maximum Gasteiger partial charge on any atom is 0.280 e. The number of aromatic nitrogens is 2. The second-order valence-electron chi connectivity index (χ2n) is 6.30. The third kappa shape index (κ3) is 4.12. The molecule has 0 fully saturated rings. The Bertz CT molecular complexity index is 1080. The van der Waals surface area contributed by atoms with Crippen LogP contribution in [0.2, 0.25) is 0 Å². The molecule has 0 bridgehead atoms. The van der Waals surface area contributed by atoms with E-state index in [4.69, 9.17) is 0 Å². The Hall–Kier alpha value is -3.00. The molecule has 1 aromatic heterocycles. The van der Waals surface area contributed by atoms with Gasteiger partial charge in [-0.05, 0) is 49.7 Å². The lowest BCUT2D eigenvalue weighted by Crippen LogP contribution is -2.19. The van der Waals surface area contributed by atoms with Crippen molar-refractivity contribution >= 4 is 33.0 Å². The fourth-order valence-corrected chi connectivity index (χ4v) is 3.22. The molecule has 0 radical (unpaired) electrons. The lowest BCUT2D eigenvalue weighted by molar-refractivity contribution is -0.384. The van der Waals surface area contributed by atoms with Crippen molar-refractivity contribution in [2.45, 2.75) is 26.7 Å². The van der Waals surface area contributed by atoms with E-state index in [0.717, 1.165) is 22.3 Å². The van der Waals surface area contributed by atoms with Gasteiger partial charge in [-0.3, -0.25) is 25.0 Å². The zero-order chi connectivity index (χ0) is 20.3. The highest BCUT2D eigenvalue weighted by Crippen LogP contribution is 2.19. The largest absolute Gasteiger partial charge is 0.294 e. The van der Waals surface area contributed by atoms with Crippen molar-refractivity contribution in [2.24, 2.45) is 4.99 Å². The normalized spacial score (nSPS) is 11.6. The number of aryl methyl sites for hydroxylation is 1. The van der Waals surface area contributed by atoms with Gasteiger partial charge in [-0.2, -0.15) is 0 Å². The van der Waals surface area contributed by atoms with Crippen molar-refractivity contribution in [1.29, 1.82) is 0 Å². The van der Waals surface area contributed by atoms with E-state index in [1.165, 1.54) is 16.8 Å². The van der Waals surface area contributed by atoms with Crippen LogP contribution >= 0.6 is 15.9 Å². The predicted molar refractivity (Wildman–Crippen MR) is 113 cm³/mol. The van der Waals surface area contributed by atoms with Crippen LogP contribution in [0.1, 0.15) is 31.5 Å². The molecule has 0 aliphatic heterocycles. The molecule has 0 unspecified atom stereocenters. The Labute approximate surface area is 170 Å². The van der Waals surface area contributed by atoms with E-state index in [2.05, 4.69) is 26.0 Å². The molecule has 2 aromatic carbocycles. The summed E-state index contributed by atoms with van der Waals surface area (Å²) in [7, 11) is 0. The van der Waals surface area contributed by atoms with Crippen LogP contribution in [0.25, 0.3) is 5.69 Å². The van der Waals surface area contributed by atoms with E-state index >= 15 is 0 Å². The molecule has 1 N–H and O–H groups in total. The van der Waals surface area contributed by atoms with Crippen LogP contribution < -0.4 is 5.56 Å². The number of aromatic amines is 1. The summed E-state index contributed by atoms with van der Waals surface area (Å²) in [5.41, 5.74) is 2.99. The number of nitro groups is 1. The first-order chi connectivity index (χ1) is 13.4. The molecule has 0 spiro atoms. The molecule has 144 valence electrons. The first kappa shape index (κ1) is 19.8. The molecular formula is C20H19BrN4O3. The monoisotopic (exact) mass is 442 g/mol. The van der Waals surface area contributed by atoms with Crippen molar-refractivity contribution in [2.75, 3.05) is 0 Å². The first-order valence-corrected chi connectivity index (χ1v) is 9.60. The van der Waals surface area contributed by atoms with Crippen LogP contribution in [0.15, 0.2) is 62.8 Å². The van der Waals surface area contributed by atoms with E-state index in [-0.39, 0.29) is 11.2 Å². The first-order valence-electron chi connectivity index (χ1n) is 8.80. The molecule has 0 atom stereocenters. The molecule has 0 amide bonds. The number of non-ortho nitro benzene ring substituents is 1. The Kier molecular flexibility index (Phi) is 5.89. The summed E-state index contributed by atoms with van der Waals surface area (Å²) >= 11 is 3.39. The van der Waals surface area contributed by atoms with Gasteiger partial charge in [0.2, 0.25) is 0 Å².